The van der Waals surface area contributed by atoms with Crippen LogP contribution in [0.3, 0.4) is 0 Å². The van der Waals surface area contributed by atoms with Crippen molar-refractivity contribution in [2.75, 3.05) is 7.05 Å². The molecule has 122 valence electrons. The number of carboxylic acid groups (broad SMARTS) is 1. The Labute approximate surface area is 139 Å². The first kappa shape index (κ1) is 17.3. The van der Waals surface area contributed by atoms with E-state index < -0.39 is 5.97 Å². The quantitative estimate of drug-likeness (QED) is 0.922. The molecule has 1 saturated carbocycles. The molecule has 1 N–H and O–H groups in total. The highest BCUT2D eigenvalue weighted by Crippen LogP contribution is 2.47. The third-order valence-corrected chi connectivity index (χ3v) is 5.81. The number of fused-ring (bicyclic) bond motifs is 3. The predicted molar refractivity (Wildman–Crippen MR) is 90.4 cm³/mol. The summed E-state index contributed by atoms with van der Waals surface area (Å²) in [6, 6.07) is 11.3. The summed E-state index contributed by atoms with van der Waals surface area (Å²) in [5.74, 6) is 0.432. The predicted octanol–water partition coefficient (Wildman–Crippen LogP) is 3.47. The molecule has 0 radical (unpaired) electrons. The Hall–Kier alpha value is -1.06. The van der Waals surface area contributed by atoms with Crippen LogP contribution in [-0.4, -0.2) is 35.1 Å². The second kappa shape index (κ2) is 7.01. The van der Waals surface area contributed by atoms with Crippen LogP contribution in [0.4, 0.5) is 0 Å². The van der Waals surface area contributed by atoms with Crippen LogP contribution in [0.15, 0.2) is 30.3 Å². The first-order chi connectivity index (χ1) is 10.1. The summed E-state index contributed by atoms with van der Waals surface area (Å²) in [6.45, 7) is 2.25. The maximum absolute atomic E-state index is 11.5. The molecule has 0 aromatic heterocycles. The Morgan fingerprint density at radius 1 is 1.27 bits per heavy atom. The highest BCUT2D eigenvalue weighted by Gasteiger charge is 2.51. The van der Waals surface area contributed by atoms with Crippen molar-refractivity contribution in [3.63, 3.8) is 0 Å². The average Bonchev–Trinajstić information content (AvgIpc) is 2.51. The number of nitrogens with zero attached hydrogens (tertiary/aromatic N) is 1. The van der Waals surface area contributed by atoms with Gasteiger partial charge in [-0.05, 0) is 43.7 Å². The summed E-state index contributed by atoms with van der Waals surface area (Å²) in [7, 11) is 2.13. The van der Waals surface area contributed by atoms with Gasteiger partial charge in [-0.2, -0.15) is 0 Å². The molecule has 2 aliphatic heterocycles. The molecule has 22 heavy (non-hydrogen) atoms. The largest absolute Gasteiger partial charge is 0.481 e. The van der Waals surface area contributed by atoms with Gasteiger partial charge in [-0.1, -0.05) is 43.7 Å². The lowest BCUT2D eigenvalue weighted by atomic mass is 9.62. The zero-order chi connectivity index (χ0) is 15.0. The number of aliphatic carboxylic acids is 1. The first-order valence-electron chi connectivity index (χ1n) is 8.10. The van der Waals surface area contributed by atoms with Gasteiger partial charge in [0.15, 0.2) is 0 Å². The van der Waals surface area contributed by atoms with Crippen molar-refractivity contribution in [3.8, 4) is 0 Å². The van der Waals surface area contributed by atoms with Gasteiger partial charge < -0.3 is 5.11 Å². The van der Waals surface area contributed by atoms with Gasteiger partial charge in [0.2, 0.25) is 0 Å². The number of hydrogen-bond acceptors (Lipinski definition) is 2. The molecule has 0 spiro atoms. The van der Waals surface area contributed by atoms with E-state index in [0.29, 0.717) is 17.9 Å². The molecule has 0 amide bonds. The fraction of sp³-hybridized carbons (Fsp3) is 0.611. The summed E-state index contributed by atoms with van der Waals surface area (Å²) < 4.78 is 0. The van der Waals surface area contributed by atoms with Crippen molar-refractivity contribution >= 4 is 18.4 Å². The summed E-state index contributed by atoms with van der Waals surface area (Å²) in [4.78, 5) is 13.9. The molecular formula is C18H26ClNO2. The van der Waals surface area contributed by atoms with E-state index in [2.05, 4.69) is 49.2 Å². The number of carbonyl (C=O) groups is 1. The van der Waals surface area contributed by atoms with Gasteiger partial charge in [0.1, 0.15) is 0 Å². The van der Waals surface area contributed by atoms with Crippen molar-refractivity contribution < 1.29 is 9.90 Å². The lowest BCUT2D eigenvalue weighted by Gasteiger charge is -2.56. The molecule has 3 nitrogen and oxygen atoms in total. The lowest BCUT2D eigenvalue weighted by molar-refractivity contribution is -0.155. The second-order valence-corrected chi connectivity index (χ2v) is 6.74. The van der Waals surface area contributed by atoms with Crippen LogP contribution >= 0.6 is 12.4 Å². The lowest BCUT2D eigenvalue weighted by Crippen LogP contribution is -2.62. The number of piperidine rings is 2. The Kier molecular flexibility index (Phi) is 5.51. The van der Waals surface area contributed by atoms with Crippen LogP contribution < -0.4 is 0 Å². The minimum atomic E-state index is -0.607. The van der Waals surface area contributed by atoms with Gasteiger partial charge >= 0.3 is 5.97 Å². The summed E-state index contributed by atoms with van der Waals surface area (Å²) in [6.07, 6.45) is 4.13. The van der Waals surface area contributed by atoms with Gasteiger partial charge in [-0.15, -0.1) is 12.4 Å². The van der Waals surface area contributed by atoms with E-state index in [1.807, 2.05) is 0 Å². The summed E-state index contributed by atoms with van der Waals surface area (Å²) >= 11 is 0. The highest BCUT2D eigenvalue weighted by atomic mass is 35.5. The number of likely N-dealkylation sites (N-methyl/N-ethyl adjacent to an activating group) is 1. The van der Waals surface area contributed by atoms with Crippen LogP contribution in [0.25, 0.3) is 0 Å². The van der Waals surface area contributed by atoms with Crippen LogP contribution in [0.2, 0.25) is 0 Å². The van der Waals surface area contributed by atoms with Gasteiger partial charge in [0, 0.05) is 12.1 Å². The molecule has 4 rings (SSSR count). The fourth-order valence-electron chi connectivity index (χ4n) is 4.65. The van der Waals surface area contributed by atoms with Gasteiger partial charge in [0.05, 0.1) is 5.92 Å². The maximum atomic E-state index is 11.5. The zero-order valence-electron chi connectivity index (χ0n) is 13.3. The summed E-state index contributed by atoms with van der Waals surface area (Å²) in [5, 5.41) is 9.49. The minimum Gasteiger partial charge on any atom is -0.481 e. The van der Waals surface area contributed by atoms with E-state index in [1.54, 1.807) is 0 Å². The van der Waals surface area contributed by atoms with Crippen LogP contribution in [0.5, 0.6) is 0 Å². The van der Waals surface area contributed by atoms with Gasteiger partial charge in [-0.25, -0.2) is 0 Å². The van der Waals surface area contributed by atoms with E-state index in [1.165, 1.54) is 12.0 Å². The Morgan fingerprint density at radius 2 is 1.95 bits per heavy atom. The van der Waals surface area contributed by atoms with E-state index in [9.17, 15) is 9.90 Å². The van der Waals surface area contributed by atoms with Crippen molar-refractivity contribution in [3.05, 3.63) is 35.9 Å². The first-order valence-corrected chi connectivity index (χ1v) is 8.10. The van der Waals surface area contributed by atoms with Crippen LogP contribution in [-0.2, 0) is 11.2 Å². The molecule has 1 aliphatic carbocycles. The fourth-order valence-corrected chi connectivity index (χ4v) is 4.65. The molecule has 3 aliphatic rings. The molecule has 5 unspecified atom stereocenters. The van der Waals surface area contributed by atoms with E-state index in [-0.39, 0.29) is 24.4 Å². The zero-order valence-corrected chi connectivity index (χ0v) is 14.1. The molecule has 2 saturated heterocycles. The van der Waals surface area contributed by atoms with Crippen LogP contribution in [0.1, 0.15) is 31.7 Å². The number of carboxylic acids is 1. The van der Waals surface area contributed by atoms with Crippen molar-refractivity contribution in [1.82, 2.24) is 4.90 Å². The standard InChI is InChI=1S/C18H25NO2.ClH/c1-3-13-10-17-15(18(20)21)11-14(13)16(19(17)2)9-12-7-5-4-6-8-12;/h4-8,13-17H,3,9-11H2,1-2H3,(H,20,21);1H. The number of halogens is 1. The molecule has 1 aromatic carbocycles. The van der Waals surface area contributed by atoms with Crippen molar-refractivity contribution in [2.24, 2.45) is 17.8 Å². The average molecular weight is 324 g/mol. The number of hydrogen-bond donors (Lipinski definition) is 1. The molecule has 4 heteroatoms. The van der Waals surface area contributed by atoms with Gasteiger partial charge in [-0.3, -0.25) is 9.69 Å². The monoisotopic (exact) mass is 323 g/mol. The topological polar surface area (TPSA) is 40.5 Å². The minimum absolute atomic E-state index is 0. The third-order valence-electron chi connectivity index (χ3n) is 5.81. The molecule has 1 aromatic rings. The molecule has 2 bridgehead atoms. The molecule has 2 heterocycles. The normalized spacial score (nSPS) is 34.2. The smallest absolute Gasteiger partial charge is 0.308 e. The maximum Gasteiger partial charge on any atom is 0.308 e. The van der Waals surface area contributed by atoms with E-state index >= 15 is 0 Å². The third kappa shape index (κ3) is 3.02. The molecular weight excluding hydrogens is 298 g/mol. The van der Waals surface area contributed by atoms with E-state index in [0.717, 1.165) is 19.3 Å². The Morgan fingerprint density at radius 3 is 2.55 bits per heavy atom. The van der Waals surface area contributed by atoms with Gasteiger partial charge in [0.25, 0.3) is 0 Å². The Bertz CT molecular complexity index is 507. The highest BCUT2D eigenvalue weighted by molar-refractivity contribution is 5.85. The number of benzene rings is 1. The summed E-state index contributed by atoms with van der Waals surface area (Å²) in [5.41, 5.74) is 1.36. The van der Waals surface area contributed by atoms with Crippen molar-refractivity contribution in [2.45, 2.75) is 44.7 Å². The molecule has 5 atom stereocenters. The van der Waals surface area contributed by atoms with Crippen molar-refractivity contribution in [1.29, 1.82) is 0 Å². The SMILES string of the molecule is CCC1CC2C(C(=O)O)CC1C(Cc1ccccc1)N2C.Cl. The Balaban J connectivity index is 0.00000176. The van der Waals surface area contributed by atoms with Crippen LogP contribution in [0, 0.1) is 17.8 Å². The number of rotatable bonds is 4. The molecule has 3 fully saturated rings. The van der Waals surface area contributed by atoms with E-state index in [4.69, 9.17) is 0 Å². The second-order valence-electron chi connectivity index (χ2n) is 6.74.